The van der Waals surface area contributed by atoms with Crippen molar-refractivity contribution in [3.8, 4) is 0 Å². The lowest BCUT2D eigenvalue weighted by Gasteiger charge is -2.28. The third-order valence-corrected chi connectivity index (χ3v) is 5.36. The summed E-state index contributed by atoms with van der Waals surface area (Å²) in [6.07, 6.45) is 4.13. The Hall–Kier alpha value is -1.79. The second kappa shape index (κ2) is 8.35. The number of likely N-dealkylation sites (tertiary alicyclic amines) is 1. The van der Waals surface area contributed by atoms with Gasteiger partial charge in [0, 0.05) is 18.0 Å². The summed E-state index contributed by atoms with van der Waals surface area (Å²) in [6.45, 7) is 6.07. The maximum atomic E-state index is 12.6. The molecular formula is C18H25N3O2S. The summed E-state index contributed by atoms with van der Waals surface area (Å²) < 4.78 is 5.61. The van der Waals surface area contributed by atoms with Gasteiger partial charge in [-0.25, -0.2) is 4.79 Å². The van der Waals surface area contributed by atoms with Gasteiger partial charge in [-0.3, -0.25) is 4.90 Å². The number of hydrogen-bond donors (Lipinski definition) is 1. The highest BCUT2D eigenvalue weighted by Gasteiger charge is 2.26. The van der Waals surface area contributed by atoms with Gasteiger partial charge in [0.15, 0.2) is 0 Å². The number of urea groups is 1. The molecule has 0 saturated carbocycles. The van der Waals surface area contributed by atoms with Crippen LogP contribution >= 0.6 is 11.3 Å². The Morgan fingerprint density at radius 3 is 2.83 bits per heavy atom. The largest absolute Gasteiger partial charge is 0.468 e. The van der Waals surface area contributed by atoms with Crippen LogP contribution in [0.4, 0.5) is 4.79 Å². The van der Waals surface area contributed by atoms with Crippen LogP contribution in [-0.2, 0) is 6.54 Å². The van der Waals surface area contributed by atoms with E-state index < -0.39 is 0 Å². The molecule has 0 bridgehead atoms. The molecule has 1 atom stereocenters. The van der Waals surface area contributed by atoms with E-state index in [0.29, 0.717) is 19.6 Å². The van der Waals surface area contributed by atoms with Crippen LogP contribution in [0, 0.1) is 0 Å². The smallest absolute Gasteiger partial charge is 0.317 e. The first-order chi connectivity index (χ1) is 11.8. The summed E-state index contributed by atoms with van der Waals surface area (Å²) >= 11 is 1.68. The van der Waals surface area contributed by atoms with Crippen LogP contribution in [0.15, 0.2) is 40.3 Å². The summed E-state index contributed by atoms with van der Waals surface area (Å²) in [6, 6.07) is 8.10. The van der Waals surface area contributed by atoms with Gasteiger partial charge in [0.1, 0.15) is 5.76 Å². The Bertz CT molecular complexity index is 606. The SMILES string of the molecule is CCN(Cc1cccs1)C(=O)NC[C@H](c1ccco1)N1CCCC1. The van der Waals surface area contributed by atoms with Gasteiger partial charge in [-0.15, -0.1) is 11.3 Å². The number of carbonyl (C=O) groups excluding carboxylic acids is 1. The molecule has 0 spiro atoms. The third kappa shape index (κ3) is 4.19. The summed E-state index contributed by atoms with van der Waals surface area (Å²) in [5.74, 6) is 0.929. The number of furan rings is 1. The summed E-state index contributed by atoms with van der Waals surface area (Å²) in [4.78, 5) is 18.0. The Labute approximate surface area is 147 Å². The van der Waals surface area contributed by atoms with Crippen LogP contribution in [0.2, 0.25) is 0 Å². The number of hydrogen-bond acceptors (Lipinski definition) is 4. The van der Waals surface area contributed by atoms with Gasteiger partial charge in [0.2, 0.25) is 0 Å². The standard InChI is InChI=1S/C18H25N3O2S/c1-2-20(14-15-7-6-12-24-15)18(22)19-13-16(17-8-5-11-23-17)21-9-3-4-10-21/h5-8,11-12,16H,2-4,9-10,13-14H2,1H3,(H,19,22)/t16-/m1/s1. The molecule has 0 unspecified atom stereocenters. The van der Waals surface area contributed by atoms with E-state index >= 15 is 0 Å². The van der Waals surface area contributed by atoms with Crippen molar-refractivity contribution in [1.82, 2.24) is 15.1 Å². The van der Waals surface area contributed by atoms with Gasteiger partial charge in [0.05, 0.1) is 18.8 Å². The van der Waals surface area contributed by atoms with Crippen LogP contribution in [0.25, 0.3) is 0 Å². The van der Waals surface area contributed by atoms with Crippen LogP contribution in [0.1, 0.15) is 36.4 Å². The van der Waals surface area contributed by atoms with E-state index in [1.807, 2.05) is 35.4 Å². The molecule has 1 aliphatic rings. The lowest BCUT2D eigenvalue weighted by molar-refractivity contribution is 0.181. The van der Waals surface area contributed by atoms with E-state index in [1.54, 1.807) is 17.6 Å². The first kappa shape index (κ1) is 17.0. The van der Waals surface area contributed by atoms with E-state index in [0.717, 1.165) is 18.8 Å². The molecule has 2 aromatic rings. The van der Waals surface area contributed by atoms with Gasteiger partial charge < -0.3 is 14.6 Å². The first-order valence-electron chi connectivity index (χ1n) is 8.60. The van der Waals surface area contributed by atoms with Crippen molar-refractivity contribution < 1.29 is 9.21 Å². The number of rotatable bonds is 7. The molecule has 6 heteroatoms. The van der Waals surface area contributed by atoms with Crippen LogP contribution < -0.4 is 5.32 Å². The minimum Gasteiger partial charge on any atom is -0.468 e. The quantitative estimate of drug-likeness (QED) is 0.831. The zero-order valence-electron chi connectivity index (χ0n) is 14.1. The molecule has 24 heavy (non-hydrogen) atoms. The van der Waals surface area contributed by atoms with Crippen LogP contribution in [0.3, 0.4) is 0 Å². The highest BCUT2D eigenvalue weighted by molar-refractivity contribution is 7.09. The van der Waals surface area contributed by atoms with E-state index in [2.05, 4.69) is 16.3 Å². The second-order valence-electron chi connectivity index (χ2n) is 6.05. The molecular weight excluding hydrogens is 322 g/mol. The molecule has 1 fully saturated rings. The van der Waals surface area contributed by atoms with E-state index in [4.69, 9.17) is 4.42 Å². The van der Waals surface area contributed by atoms with Crippen molar-refractivity contribution in [2.24, 2.45) is 0 Å². The highest BCUT2D eigenvalue weighted by atomic mass is 32.1. The minimum absolute atomic E-state index is 0.0124. The molecule has 5 nitrogen and oxygen atoms in total. The molecule has 2 aromatic heterocycles. The number of nitrogens with one attached hydrogen (secondary N) is 1. The molecule has 3 rings (SSSR count). The molecule has 1 saturated heterocycles. The number of thiophene rings is 1. The van der Waals surface area contributed by atoms with Gasteiger partial charge >= 0.3 is 6.03 Å². The Kier molecular flexibility index (Phi) is 5.93. The number of amides is 2. The van der Waals surface area contributed by atoms with E-state index in [9.17, 15) is 4.79 Å². The Morgan fingerprint density at radius 2 is 2.21 bits per heavy atom. The zero-order valence-corrected chi connectivity index (χ0v) is 14.9. The topological polar surface area (TPSA) is 48.7 Å². The summed E-state index contributed by atoms with van der Waals surface area (Å²) in [5.41, 5.74) is 0. The number of nitrogens with zero attached hydrogens (tertiary/aromatic N) is 2. The highest BCUT2D eigenvalue weighted by Crippen LogP contribution is 2.25. The van der Waals surface area contributed by atoms with Gasteiger partial charge in [-0.2, -0.15) is 0 Å². The first-order valence-corrected chi connectivity index (χ1v) is 9.48. The maximum Gasteiger partial charge on any atom is 0.317 e. The number of carbonyl (C=O) groups is 1. The fourth-order valence-corrected chi connectivity index (χ4v) is 3.88. The van der Waals surface area contributed by atoms with Crippen molar-refractivity contribution in [2.75, 3.05) is 26.2 Å². The normalized spacial score (nSPS) is 16.2. The van der Waals surface area contributed by atoms with E-state index in [1.165, 1.54) is 17.7 Å². The molecule has 3 heterocycles. The molecule has 0 aliphatic carbocycles. The minimum atomic E-state index is -0.0124. The molecule has 130 valence electrons. The molecule has 0 aromatic carbocycles. The van der Waals surface area contributed by atoms with Crippen molar-refractivity contribution in [2.45, 2.75) is 32.4 Å². The predicted octanol–water partition coefficient (Wildman–Crippen LogP) is 3.71. The molecule has 2 amide bonds. The molecule has 0 radical (unpaired) electrons. The lowest BCUT2D eigenvalue weighted by atomic mass is 10.2. The molecule has 1 aliphatic heterocycles. The van der Waals surface area contributed by atoms with Gasteiger partial charge in [-0.1, -0.05) is 6.07 Å². The summed E-state index contributed by atoms with van der Waals surface area (Å²) in [5, 5.41) is 5.14. The second-order valence-corrected chi connectivity index (χ2v) is 7.09. The zero-order chi connectivity index (χ0) is 16.8. The maximum absolute atomic E-state index is 12.6. The van der Waals surface area contributed by atoms with Crippen molar-refractivity contribution in [1.29, 1.82) is 0 Å². The van der Waals surface area contributed by atoms with Gasteiger partial charge in [0.25, 0.3) is 0 Å². The van der Waals surface area contributed by atoms with Crippen LogP contribution in [-0.4, -0.2) is 42.0 Å². The monoisotopic (exact) mass is 347 g/mol. The Balaban J connectivity index is 1.59. The fraction of sp³-hybridized carbons (Fsp3) is 0.500. The van der Waals surface area contributed by atoms with E-state index in [-0.39, 0.29) is 12.1 Å². The van der Waals surface area contributed by atoms with Crippen molar-refractivity contribution in [3.05, 3.63) is 46.5 Å². The van der Waals surface area contributed by atoms with Crippen molar-refractivity contribution in [3.63, 3.8) is 0 Å². The predicted molar refractivity (Wildman–Crippen MR) is 96.1 cm³/mol. The average Bonchev–Trinajstić information content (AvgIpc) is 3.34. The fourth-order valence-electron chi connectivity index (χ4n) is 3.16. The Morgan fingerprint density at radius 1 is 1.38 bits per heavy atom. The van der Waals surface area contributed by atoms with Gasteiger partial charge in [-0.05, 0) is 56.4 Å². The molecule has 1 N–H and O–H groups in total. The van der Waals surface area contributed by atoms with Crippen molar-refractivity contribution >= 4 is 17.4 Å². The summed E-state index contributed by atoms with van der Waals surface area (Å²) in [7, 11) is 0. The average molecular weight is 347 g/mol. The van der Waals surface area contributed by atoms with Crippen LogP contribution in [0.5, 0.6) is 0 Å². The lowest BCUT2D eigenvalue weighted by Crippen LogP contribution is -2.43. The third-order valence-electron chi connectivity index (χ3n) is 4.50.